The molecule has 0 radical (unpaired) electrons. The van der Waals surface area contributed by atoms with E-state index < -0.39 is 10.9 Å². The second-order valence-electron chi connectivity index (χ2n) is 3.66. The molecule has 6 nitrogen and oxygen atoms in total. The number of ether oxygens (including phenoxy) is 2. The van der Waals surface area contributed by atoms with Crippen LogP contribution in [0.4, 0.5) is 5.69 Å². The third kappa shape index (κ3) is 3.92. The van der Waals surface area contributed by atoms with Gasteiger partial charge >= 0.3 is 5.97 Å². The standard InChI is InChI=1S/C12H14BrNO5/c1-3-19-12(15)6-10-8(7-13)4-9(18-2)5-11(10)14(16)17/h4-5H,3,6-7H2,1-2H3. The van der Waals surface area contributed by atoms with Crippen LogP contribution in [0.1, 0.15) is 18.1 Å². The summed E-state index contributed by atoms with van der Waals surface area (Å²) in [6.07, 6.45) is -0.130. The van der Waals surface area contributed by atoms with Crippen molar-refractivity contribution in [3.05, 3.63) is 33.4 Å². The van der Waals surface area contributed by atoms with Crippen LogP contribution in [-0.2, 0) is 21.3 Å². The zero-order chi connectivity index (χ0) is 14.4. The quantitative estimate of drug-likeness (QED) is 0.346. The van der Waals surface area contributed by atoms with Crippen molar-refractivity contribution in [2.24, 2.45) is 0 Å². The van der Waals surface area contributed by atoms with Gasteiger partial charge in [0.2, 0.25) is 0 Å². The highest BCUT2D eigenvalue weighted by atomic mass is 79.9. The maximum Gasteiger partial charge on any atom is 0.310 e. The molecule has 0 unspecified atom stereocenters. The zero-order valence-corrected chi connectivity index (χ0v) is 12.2. The number of halogens is 1. The minimum Gasteiger partial charge on any atom is -0.496 e. The van der Waals surface area contributed by atoms with Crippen LogP contribution >= 0.6 is 15.9 Å². The third-order valence-corrected chi connectivity index (χ3v) is 3.10. The summed E-state index contributed by atoms with van der Waals surface area (Å²) in [6, 6.07) is 2.97. The monoisotopic (exact) mass is 331 g/mol. The van der Waals surface area contributed by atoms with Crippen LogP contribution in [0.25, 0.3) is 0 Å². The van der Waals surface area contributed by atoms with Crippen molar-refractivity contribution in [2.75, 3.05) is 13.7 Å². The number of alkyl halides is 1. The Balaban J connectivity index is 3.25. The van der Waals surface area contributed by atoms with E-state index in [4.69, 9.17) is 9.47 Å². The summed E-state index contributed by atoms with van der Waals surface area (Å²) in [6.45, 7) is 1.93. The molecule has 0 saturated carbocycles. The van der Waals surface area contributed by atoms with Crippen molar-refractivity contribution < 1.29 is 19.2 Å². The SMILES string of the molecule is CCOC(=O)Cc1c(CBr)cc(OC)cc1[N+](=O)[O-]. The lowest BCUT2D eigenvalue weighted by atomic mass is 10.0. The van der Waals surface area contributed by atoms with Gasteiger partial charge in [-0.15, -0.1) is 0 Å². The van der Waals surface area contributed by atoms with Gasteiger partial charge in [0.1, 0.15) is 5.75 Å². The van der Waals surface area contributed by atoms with E-state index in [0.717, 1.165) is 0 Å². The molecule has 0 spiro atoms. The largest absolute Gasteiger partial charge is 0.496 e. The summed E-state index contributed by atoms with van der Waals surface area (Å²) in [5.41, 5.74) is 0.849. The second kappa shape index (κ2) is 7.08. The first kappa shape index (κ1) is 15.4. The van der Waals surface area contributed by atoms with Gasteiger partial charge in [0, 0.05) is 10.9 Å². The van der Waals surface area contributed by atoms with Gasteiger partial charge in [-0.1, -0.05) is 15.9 Å². The summed E-state index contributed by atoms with van der Waals surface area (Å²) < 4.78 is 9.84. The number of nitro benzene ring substituents is 1. The molecule has 0 amide bonds. The molecule has 0 aliphatic heterocycles. The lowest BCUT2D eigenvalue weighted by molar-refractivity contribution is -0.385. The van der Waals surface area contributed by atoms with E-state index in [1.807, 2.05) is 0 Å². The zero-order valence-electron chi connectivity index (χ0n) is 10.6. The van der Waals surface area contributed by atoms with Gasteiger partial charge < -0.3 is 9.47 Å². The first-order chi connectivity index (χ1) is 9.03. The molecule has 0 aliphatic rings. The van der Waals surface area contributed by atoms with Crippen LogP contribution in [0, 0.1) is 10.1 Å². The number of methoxy groups -OCH3 is 1. The predicted molar refractivity (Wildman–Crippen MR) is 72.6 cm³/mol. The molecule has 0 N–H and O–H groups in total. The number of hydrogen-bond acceptors (Lipinski definition) is 5. The Kier molecular flexibility index (Phi) is 5.75. The minimum absolute atomic E-state index is 0.130. The fraction of sp³-hybridized carbons (Fsp3) is 0.417. The highest BCUT2D eigenvalue weighted by molar-refractivity contribution is 9.08. The van der Waals surface area contributed by atoms with Crippen LogP contribution < -0.4 is 4.74 Å². The average molecular weight is 332 g/mol. The van der Waals surface area contributed by atoms with Gasteiger partial charge in [-0.25, -0.2) is 0 Å². The first-order valence-electron chi connectivity index (χ1n) is 5.59. The maximum atomic E-state index is 11.5. The van der Waals surface area contributed by atoms with E-state index in [9.17, 15) is 14.9 Å². The Hall–Kier alpha value is -1.63. The summed E-state index contributed by atoms with van der Waals surface area (Å²) in [5.74, 6) is -0.105. The lowest BCUT2D eigenvalue weighted by Crippen LogP contribution is -2.11. The summed E-state index contributed by atoms with van der Waals surface area (Å²) in [5, 5.41) is 11.5. The van der Waals surface area contributed by atoms with Crippen molar-refractivity contribution in [3.8, 4) is 5.75 Å². The molecular weight excluding hydrogens is 318 g/mol. The molecule has 0 bridgehead atoms. The maximum absolute atomic E-state index is 11.5. The summed E-state index contributed by atoms with van der Waals surface area (Å²) in [4.78, 5) is 22.1. The third-order valence-electron chi connectivity index (χ3n) is 2.50. The normalized spacial score (nSPS) is 10.1. The van der Waals surface area contributed by atoms with E-state index >= 15 is 0 Å². The van der Waals surface area contributed by atoms with Crippen LogP contribution in [0.15, 0.2) is 12.1 Å². The number of carbonyl (C=O) groups is 1. The Morgan fingerprint density at radius 2 is 2.16 bits per heavy atom. The number of rotatable bonds is 6. The Morgan fingerprint density at radius 3 is 2.63 bits per heavy atom. The van der Waals surface area contributed by atoms with E-state index in [0.29, 0.717) is 22.2 Å². The molecule has 0 heterocycles. The molecule has 0 aromatic heterocycles. The average Bonchev–Trinajstić information content (AvgIpc) is 2.38. The van der Waals surface area contributed by atoms with E-state index in [2.05, 4.69) is 15.9 Å². The lowest BCUT2D eigenvalue weighted by Gasteiger charge is -2.10. The van der Waals surface area contributed by atoms with E-state index in [1.54, 1.807) is 13.0 Å². The van der Waals surface area contributed by atoms with Crippen LogP contribution in [0.5, 0.6) is 5.75 Å². The topological polar surface area (TPSA) is 78.7 Å². The Morgan fingerprint density at radius 1 is 1.47 bits per heavy atom. The van der Waals surface area contributed by atoms with E-state index in [1.165, 1.54) is 13.2 Å². The van der Waals surface area contributed by atoms with Crippen molar-refractivity contribution in [3.63, 3.8) is 0 Å². The van der Waals surface area contributed by atoms with Gasteiger partial charge in [-0.05, 0) is 18.6 Å². The first-order valence-corrected chi connectivity index (χ1v) is 6.71. The molecule has 0 atom stereocenters. The Bertz CT molecular complexity index is 489. The van der Waals surface area contributed by atoms with Gasteiger partial charge in [0.25, 0.3) is 5.69 Å². The molecule has 1 aromatic rings. The highest BCUT2D eigenvalue weighted by Crippen LogP contribution is 2.30. The molecular formula is C12H14BrNO5. The fourth-order valence-electron chi connectivity index (χ4n) is 1.65. The number of esters is 1. The molecule has 0 fully saturated rings. The highest BCUT2D eigenvalue weighted by Gasteiger charge is 2.22. The molecule has 7 heteroatoms. The Labute approximate surface area is 119 Å². The molecule has 1 aromatic carbocycles. The second-order valence-corrected chi connectivity index (χ2v) is 4.22. The van der Waals surface area contributed by atoms with Gasteiger partial charge in [0.05, 0.1) is 31.1 Å². The molecule has 1 rings (SSSR count). The van der Waals surface area contributed by atoms with Crippen molar-refractivity contribution in [1.82, 2.24) is 0 Å². The molecule has 0 aliphatic carbocycles. The fourth-order valence-corrected chi connectivity index (χ4v) is 2.15. The van der Waals surface area contributed by atoms with Gasteiger partial charge in [0.15, 0.2) is 0 Å². The van der Waals surface area contributed by atoms with Crippen molar-refractivity contribution in [2.45, 2.75) is 18.7 Å². The van der Waals surface area contributed by atoms with Gasteiger partial charge in [-0.3, -0.25) is 14.9 Å². The smallest absolute Gasteiger partial charge is 0.310 e. The van der Waals surface area contributed by atoms with Gasteiger partial charge in [-0.2, -0.15) is 0 Å². The minimum atomic E-state index is -0.525. The van der Waals surface area contributed by atoms with E-state index in [-0.39, 0.29) is 18.7 Å². The molecule has 19 heavy (non-hydrogen) atoms. The van der Waals surface area contributed by atoms with Crippen LogP contribution in [0.3, 0.4) is 0 Å². The van der Waals surface area contributed by atoms with Crippen LogP contribution in [-0.4, -0.2) is 24.6 Å². The number of benzene rings is 1. The number of carbonyl (C=O) groups excluding carboxylic acids is 1. The van der Waals surface area contributed by atoms with Crippen LogP contribution in [0.2, 0.25) is 0 Å². The van der Waals surface area contributed by atoms with Crippen molar-refractivity contribution >= 4 is 27.6 Å². The summed E-state index contributed by atoms with van der Waals surface area (Å²) >= 11 is 3.25. The number of nitrogens with zero attached hydrogens (tertiary/aromatic N) is 1. The number of hydrogen-bond donors (Lipinski definition) is 0. The predicted octanol–water partition coefficient (Wildman–Crippen LogP) is 2.60. The molecule has 0 saturated heterocycles. The summed E-state index contributed by atoms with van der Waals surface area (Å²) in [7, 11) is 1.43. The molecule has 104 valence electrons. The van der Waals surface area contributed by atoms with Crippen molar-refractivity contribution in [1.29, 1.82) is 0 Å². The number of nitro groups is 1.